The number of benzene rings is 7. The van der Waals surface area contributed by atoms with E-state index in [1.165, 1.54) is 0 Å². The average Bonchev–Trinajstić information content (AvgIpc) is 3.34. The molecule has 0 fully saturated rings. The summed E-state index contributed by atoms with van der Waals surface area (Å²) in [6.45, 7) is 8.46. The van der Waals surface area contributed by atoms with Gasteiger partial charge in [0.15, 0.2) is 0 Å². The lowest BCUT2D eigenvalue weighted by Crippen LogP contribution is -2.57. The van der Waals surface area contributed by atoms with Crippen molar-refractivity contribution in [1.82, 2.24) is 0 Å². The third-order valence-corrected chi connectivity index (χ3v) is 15.1. The van der Waals surface area contributed by atoms with Gasteiger partial charge in [-0.25, -0.2) is 0 Å². The summed E-state index contributed by atoms with van der Waals surface area (Å²) in [5.41, 5.74) is 3.00. The fourth-order valence-corrected chi connectivity index (χ4v) is 9.97. The third kappa shape index (κ3) is 7.60. The van der Waals surface area contributed by atoms with E-state index in [2.05, 4.69) is 27.7 Å². The SMILES string of the molecule is [B]c1c([B])c([B])c(-c2ccc3c(c2)C(C)(C)C(C)(C)c2cc(N(c4c([B])c([B])c(-c5c([B])c([B])c([B])c([B])c5[B])c([B])c4[B])c4c([B])c([B])c(-c5c([B])c([B])c([B])c([B])c5[B])c([B])c4[B])ccc2-3)c([B])c1[B]. The minimum absolute atomic E-state index is 0.00215. The van der Waals surface area contributed by atoms with Crippen LogP contribution in [0, 0.1) is 0 Å². The number of rotatable bonds is 6. The predicted octanol–water partition coefficient (Wildman–Crippen LogP) is -14.3. The zero-order chi connectivity index (χ0) is 53.6. The molecule has 0 saturated carbocycles. The van der Waals surface area contributed by atoms with Gasteiger partial charge in [-0.3, -0.25) is 0 Å². The molecule has 0 N–H and O–H groups in total. The maximum atomic E-state index is 7.14. The molecule has 46 radical (unpaired) electrons. The Labute approximate surface area is 455 Å². The van der Waals surface area contributed by atoms with Crippen LogP contribution >= 0.6 is 0 Å². The van der Waals surface area contributed by atoms with Crippen LogP contribution in [0.15, 0.2) is 36.4 Å². The molecule has 1 aliphatic rings. The minimum atomic E-state index is -0.682. The van der Waals surface area contributed by atoms with Crippen molar-refractivity contribution in [1.29, 1.82) is 0 Å². The van der Waals surface area contributed by atoms with E-state index in [4.69, 9.17) is 180 Å². The maximum absolute atomic E-state index is 7.14. The number of anilines is 3. The van der Waals surface area contributed by atoms with Crippen molar-refractivity contribution in [2.75, 3.05) is 4.90 Å². The number of fused-ring (bicyclic) bond motifs is 3. The van der Waals surface area contributed by atoms with Crippen LogP contribution in [-0.4, -0.2) is 180 Å². The molecular weight excluding hydrogens is 839 g/mol. The van der Waals surface area contributed by atoms with E-state index in [0.29, 0.717) is 16.8 Å². The summed E-state index contributed by atoms with van der Waals surface area (Å²) < 4.78 is 0. The standard InChI is InChI=1S/C48H18B23N/c1-47(2)15-9-11(17-22(49)32(59)38(65)33(60)23(17)50)5-7-13(15)14-8-6-12(10-16(14)48(47,3)4)72(45-41(68)28(55)20(29(56)42(45)69)18-24(51)34(61)39(66)35(62)25(18)52)46-43(70)30(57)21(31(58)44(46)71)19-26(53)36(63)40(67)37(64)27(19)54/h5-10H,1-4H3. The van der Waals surface area contributed by atoms with Gasteiger partial charge in [-0.05, 0) is 78.6 Å². The molecule has 1 aliphatic carbocycles. The molecule has 7 aromatic rings. The number of hydrogen-bond acceptors (Lipinski definition) is 1. The molecule has 72 heavy (non-hydrogen) atoms. The van der Waals surface area contributed by atoms with Crippen LogP contribution < -0.4 is 131 Å². The highest BCUT2D eigenvalue weighted by atomic mass is 15.1. The molecule has 8 rings (SSSR count). The van der Waals surface area contributed by atoms with E-state index >= 15 is 0 Å². The summed E-state index contributed by atoms with van der Waals surface area (Å²) in [5, 5.41) is 0. The second kappa shape index (κ2) is 18.6. The lowest BCUT2D eigenvalue weighted by atomic mass is 9.54. The van der Waals surface area contributed by atoms with Crippen LogP contribution in [0.2, 0.25) is 0 Å². The van der Waals surface area contributed by atoms with Gasteiger partial charge in [0.1, 0.15) is 180 Å². The van der Waals surface area contributed by atoms with E-state index in [1.54, 1.807) is 11.0 Å². The highest BCUT2D eigenvalue weighted by Gasteiger charge is 2.46. The van der Waals surface area contributed by atoms with Crippen molar-refractivity contribution in [3.05, 3.63) is 47.5 Å². The third-order valence-electron chi connectivity index (χ3n) is 15.1. The van der Waals surface area contributed by atoms with Gasteiger partial charge in [0.2, 0.25) is 0 Å². The van der Waals surface area contributed by atoms with Gasteiger partial charge < -0.3 is 4.90 Å². The fourth-order valence-electron chi connectivity index (χ4n) is 9.97. The zero-order valence-corrected chi connectivity index (χ0v) is 40.2. The quantitative estimate of drug-likeness (QED) is 0.151. The zero-order valence-electron chi connectivity index (χ0n) is 40.2. The molecule has 284 valence electrons. The van der Waals surface area contributed by atoms with Crippen LogP contribution in [-0.2, 0) is 10.8 Å². The lowest BCUT2D eigenvalue weighted by Gasteiger charge is -2.49. The van der Waals surface area contributed by atoms with Crippen molar-refractivity contribution in [2.45, 2.75) is 38.5 Å². The summed E-state index contributed by atoms with van der Waals surface area (Å²) in [6.07, 6.45) is 0. The second-order valence-corrected chi connectivity index (χ2v) is 19.2. The fraction of sp³-hybridized carbons (Fsp3) is 0.125. The number of nitrogens with zero attached hydrogens (tertiary/aromatic N) is 1. The van der Waals surface area contributed by atoms with Crippen LogP contribution in [0.3, 0.4) is 0 Å². The topological polar surface area (TPSA) is 3.24 Å². The highest BCUT2D eigenvalue weighted by Crippen LogP contribution is 2.55. The molecule has 24 heteroatoms. The van der Waals surface area contributed by atoms with Crippen molar-refractivity contribution in [2.24, 2.45) is 0 Å². The Morgan fingerprint density at radius 3 is 0.806 bits per heavy atom. The molecule has 0 bridgehead atoms. The minimum Gasteiger partial charge on any atom is -0.313 e. The van der Waals surface area contributed by atoms with Crippen LogP contribution in [0.25, 0.3) is 44.5 Å². The molecule has 0 unspecified atom stereocenters. The molecular formula is C48H18B23N. The van der Waals surface area contributed by atoms with Gasteiger partial charge in [0.05, 0.1) is 0 Å². The first-order valence-electron chi connectivity index (χ1n) is 22.0. The van der Waals surface area contributed by atoms with E-state index in [-0.39, 0.29) is 159 Å². The van der Waals surface area contributed by atoms with Gasteiger partial charge in [0, 0.05) is 17.1 Å². The van der Waals surface area contributed by atoms with E-state index in [0.717, 1.165) is 22.3 Å². The van der Waals surface area contributed by atoms with Crippen LogP contribution in [0.5, 0.6) is 0 Å². The first-order valence-corrected chi connectivity index (χ1v) is 22.0. The molecule has 0 aromatic heterocycles. The molecule has 0 aliphatic heterocycles. The Bertz CT molecular complexity index is 3300. The van der Waals surface area contributed by atoms with Crippen molar-refractivity contribution in [3.8, 4) is 44.5 Å². The predicted molar refractivity (Wildman–Crippen MR) is 333 cm³/mol. The Morgan fingerprint density at radius 1 is 0.264 bits per heavy atom. The monoisotopic (exact) mass is 861 g/mol. The molecule has 1 nitrogen and oxygen atoms in total. The average molecular weight is 857 g/mol. The van der Waals surface area contributed by atoms with Crippen molar-refractivity contribution >= 4 is 323 Å². The van der Waals surface area contributed by atoms with E-state index in [9.17, 15) is 0 Å². The van der Waals surface area contributed by atoms with Crippen molar-refractivity contribution in [3.63, 3.8) is 0 Å². The summed E-state index contributed by atoms with van der Waals surface area (Å²) in [6, 6.07) is 11.6. The van der Waals surface area contributed by atoms with Gasteiger partial charge in [0.25, 0.3) is 0 Å². The van der Waals surface area contributed by atoms with E-state index < -0.39 is 10.8 Å². The smallest absolute Gasteiger partial charge is 0.115 e. The highest BCUT2D eigenvalue weighted by molar-refractivity contribution is 6.74. The molecule has 0 atom stereocenters. The molecule has 0 saturated heterocycles. The van der Waals surface area contributed by atoms with Gasteiger partial charge in [-0.2, -0.15) is 0 Å². The van der Waals surface area contributed by atoms with Gasteiger partial charge in [-0.15, -0.1) is 49.2 Å². The van der Waals surface area contributed by atoms with Crippen LogP contribution in [0.1, 0.15) is 38.8 Å². The van der Waals surface area contributed by atoms with Crippen LogP contribution in [0.4, 0.5) is 17.1 Å². The van der Waals surface area contributed by atoms with E-state index in [1.807, 2.05) is 30.3 Å². The molecule has 0 amide bonds. The summed E-state index contributed by atoms with van der Waals surface area (Å²) >= 11 is 0. The Kier molecular flexibility index (Phi) is 14.0. The largest absolute Gasteiger partial charge is 0.313 e. The summed E-state index contributed by atoms with van der Waals surface area (Å²) in [5.74, 6) is 0. The normalized spacial score (nSPS) is 13.4. The Hall–Kier alpha value is -4.17. The summed E-state index contributed by atoms with van der Waals surface area (Å²) in [4.78, 5) is 1.56. The second-order valence-electron chi connectivity index (χ2n) is 19.2. The Balaban J connectivity index is 1.46. The van der Waals surface area contributed by atoms with Crippen molar-refractivity contribution < 1.29 is 0 Å². The Morgan fingerprint density at radius 2 is 0.500 bits per heavy atom. The first-order chi connectivity index (χ1) is 33.4. The summed E-state index contributed by atoms with van der Waals surface area (Å²) in [7, 11) is 152. The first kappa shape index (κ1) is 54.1. The molecule has 0 spiro atoms. The van der Waals surface area contributed by atoms with Gasteiger partial charge in [-0.1, -0.05) is 128 Å². The molecule has 0 heterocycles. The molecule has 7 aromatic carbocycles. The number of hydrogen-bond donors (Lipinski definition) is 0. The van der Waals surface area contributed by atoms with Gasteiger partial charge >= 0.3 is 0 Å². The lowest BCUT2D eigenvalue weighted by molar-refractivity contribution is 0.299. The maximum Gasteiger partial charge on any atom is 0.115 e.